The maximum atomic E-state index is 12.4. The normalized spacial score (nSPS) is 15.5. The van der Waals surface area contributed by atoms with Gasteiger partial charge in [-0.1, -0.05) is 47.5 Å². The molecule has 2 aromatic carbocycles. The van der Waals surface area contributed by atoms with Crippen LogP contribution in [0.1, 0.15) is 26.7 Å². The monoisotopic (exact) mass is 523 g/mol. The fourth-order valence-corrected chi connectivity index (χ4v) is 5.24. The van der Waals surface area contributed by atoms with E-state index < -0.39 is 5.54 Å². The third kappa shape index (κ3) is 4.40. The number of nitrogens with two attached hydrogens (primary N) is 1. The van der Waals surface area contributed by atoms with Gasteiger partial charge in [-0.25, -0.2) is 14.6 Å². The number of hydrogen-bond donors (Lipinski definition) is 2. The maximum Gasteiger partial charge on any atom is 0.237 e. The summed E-state index contributed by atoms with van der Waals surface area (Å²) in [6.07, 6.45) is 2.70. The van der Waals surface area contributed by atoms with E-state index in [1.54, 1.807) is 6.33 Å². The van der Waals surface area contributed by atoms with Gasteiger partial charge in [0.15, 0.2) is 11.3 Å². The average Bonchev–Trinajstić information content (AvgIpc) is 3.24. The fourth-order valence-electron chi connectivity index (χ4n) is 4.90. The Kier molecular flexibility index (Phi) is 6.59. The van der Waals surface area contributed by atoms with Crippen molar-refractivity contribution in [2.24, 2.45) is 5.73 Å². The zero-order chi connectivity index (χ0) is 25.4. The van der Waals surface area contributed by atoms with E-state index >= 15 is 0 Å². The van der Waals surface area contributed by atoms with Gasteiger partial charge in [0.05, 0.1) is 10.7 Å². The molecule has 0 radical (unpaired) electrons. The smallest absolute Gasteiger partial charge is 0.237 e. The molecule has 1 saturated heterocycles. The lowest BCUT2D eigenvalue weighted by Crippen LogP contribution is -2.62. The van der Waals surface area contributed by atoms with Gasteiger partial charge in [-0.3, -0.25) is 4.79 Å². The lowest BCUT2D eigenvalue weighted by atomic mass is 9.86. The molecule has 186 valence electrons. The highest BCUT2D eigenvalue weighted by Crippen LogP contribution is 2.36. The molecular formula is C26H27Cl2N7O. The number of piperidine rings is 1. The number of aromatic nitrogens is 4. The summed E-state index contributed by atoms with van der Waals surface area (Å²) in [4.78, 5) is 23.7. The lowest BCUT2D eigenvalue weighted by Gasteiger charge is -2.41. The van der Waals surface area contributed by atoms with Crippen molar-refractivity contribution in [1.29, 1.82) is 0 Å². The minimum absolute atomic E-state index is 0.142. The zero-order valence-electron chi connectivity index (χ0n) is 20.1. The summed E-state index contributed by atoms with van der Waals surface area (Å²) in [7, 11) is 0. The van der Waals surface area contributed by atoms with Gasteiger partial charge in [0.25, 0.3) is 0 Å². The number of primary amides is 1. The largest absolute Gasteiger partial charge is 0.368 e. The quantitative estimate of drug-likeness (QED) is 0.382. The molecule has 2 aromatic heterocycles. The molecule has 0 saturated carbocycles. The molecule has 5 rings (SSSR count). The van der Waals surface area contributed by atoms with Crippen LogP contribution in [-0.2, 0) is 4.79 Å². The van der Waals surface area contributed by atoms with E-state index in [4.69, 9.17) is 34.0 Å². The van der Waals surface area contributed by atoms with Gasteiger partial charge in [-0.2, -0.15) is 5.10 Å². The molecule has 3 N–H and O–H groups in total. The molecule has 8 nitrogen and oxygen atoms in total. The number of halogens is 2. The summed E-state index contributed by atoms with van der Waals surface area (Å²) in [5.41, 5.74) is 8.88. The van der Waals surface area contributed by atoms with Crippen LogP contribution >= 0.6 is 23.2 Å². The first-order valence-corrected chi connectivity index (χ1v) is 12.6. The van der Waals surface area contributed by atoms with Gasteiger partial charge in [-0.15, -0.1) is 0 Å². The highest BCUT2D eigenvalue weighted by molar-refractivity contribution is 6.32. The number of carbonyl (C=O) groups excluding carboxylic acids is 1. The molecule has 3 heterocycles. The van der Waals surface area contributed by atoms with E-state index in [0.717, 1.165) is 16.9 Å². The minimum atomic E-state index is -0.734. The van der Waals surface area contributed by atoms with Crippen LogP contribution in [0.25, 0.3) is 28.0 Å². The lowest BCUT2D eigenvalue weighted by molar-refractivity contribution is -0.125. The Bertz CT molecular complexity index is 1410. The molecule has 10 heteroatoms. The van der Waals surface area contributed by atoms with Gasteiger partial charge >= 0.3 is 0 Å². The molecule has 0 spiro atoms. The van der Waals surface area contributed by atoms with Crippen molar-refractivity contribution in [3.63, 3.8) is 0 Å². The summed E-state index contributed by atoms with van der Waals surface area (Å²) in [5.74, 6) is 0.389. The van der Waals surface area contributed by atoms with Crippen LogP contribution in [0, 0.1) is 0 Å². The summed E-state index contributed by atoms with van der Waals surface area (Å²) in [5, 5.41) is 9.57. The van der Waals surface area contributed by atoms with Crippen molar-refractivity contribution in [2.75, 3.05) is 18.0 Å². The SMILES string of the molecule is CC(C)NC1(C(N)=O)CCN(c2ncnc3c(-c4ccc(Cl)cc4)n(-c4ccccc4Cl)nc23)CC1. The maximum absolute atomic E-state index is 12.4. The van der Waals surface area contributed by atoms with Crippen molar-refractivity contribution in [2.45, 2.75) is 38.3 Å². The number of nitrogens with one attached hydrogen (secondary N) is 1. The Morgan fingerprint density at radius 3 is 2.36 bits per heavy atom. The number of benzene rings is 2. The summed E-state index contributed by atoms with van der Waals surface area (Å²) in [6, 6.07) is 15.2. The summed E-state index contributed by atoms with van der Waals surface area (Å²) < 4.78 is 1.81. The van der Waals surface area contributed by atoms with E-state index in [9.17, 15) is 4.79 Å². The number of para-hydroxylation sites is 1. The van der Waals surface area contributed by atoms with Gasteiger partial charge in [-0.05, 0) is 51.0 Å². The number of anilines is 1. The number of nitrogens with zero attached hydrogens (tertiary/aromatic N) is 5. The van der Waals surface area contributed by atoms with Crippen LogP contribution in [-0.4, -0.2) is 50.3 Å². The van der Waals surface area contributed by atoms with E-state index in [1.165, 1.54) is 0 Å². The molecule has 1 aliphatic rings. The third-order valence-electron chi connectivity index (χ3n) is 6.59. The number of fused-ring (bicyclic) bond motifs is 1. The highest BCUT2D eigenvalue weighted by Gasteiger charge is 2.41. The van der Waals surface area contributed by atoms with Crippen molar-refractivity contribution in [3.05, 3.63) is 64.9 Å². The molecule has 0 aliphatic carbocycles. The van der Waals surface area contributed by atoms with Crippen LogP contribution in [0.15, 0.2) is 54.9 Å². The van der Waals surface area contributed by atoms with Crippen molar-refractivity contribution < 1.29 is 4.79 Å². The Morgan fingerprint density at radius 2 is 1.72 bits per heavy atom. The number of hydrogen-bond acceptors (Lipinski definition) is 6. The number of rotatable bonds is 6. The zero-order valence-corrected chi connectivity index (χ0v) is 21.6. The third-order valence-corrected chi connectivity index (χ3v) is 7.16. The molecule has 1 aliphatic heterocycles. The first-order valence-electron chi connectivity index (χ1n) is 11.9. The Labute approximate surface area is 219 Å². The second-order valence-corrected chi connectivity index (χ2v) is 10.2. The van der Waals surface area contributed by atoms with E-state index in [-0.39, 0.29) is 11.9 Å². The molecule has 0 atom stereocenters. The molecule has 0 unspecified atom stereocenters. The predicted molar refractivity (Wildman–Crippen MR) is 144 cm³/mol. The van der Waals surface area contributed by atoms with Crippen LogP contribution in [0.5, 0.6) is 0 Å². The molecule has 1 amide bonds. The Morgan fingerprint density at radius 1 is 1.03 bits per heavy atom. The first kappa shape index (κ1) is 24.5. The number of carbonyl (C=O) groups is 1. The highest BCUT2D eigenvalue weighted by atomic mass is 35.5. The van der Waals surface area contributed by atoms with E-state index in [0.29, 0.717) is 52.8 Å². The topological polar surface area (TPSA) is 102 Å². The second kappa shape index (κ2) is 9.69. The second-order valence-electron chi connectivity index (χ2n) is 9.35. The minimum Gasteiger partial charge on any atom is -0.368 e. The fraction of sp³-hybridized carbons (Fsp3) is 0.308. The van der Waals surface area contributed by atoms with Gasteiger partial charge in [0, 0.05) is 29.7 Å². The molecule has 4 aromatic rings. The van der Waals surface area contributed by atoms with Crippen LogP contribution in [0.2, 0.25) is 10.0 Å². The van der Waals surface area contributed by atoms with Gasteiger partial charge < -0.3 is 16.0 Å². The molecular weight excluding hydrogens is 497 g/mol. The predicted octanol–water partition coefficient (Wildman–Crippen LogP) is 4.61. The van der Waals surface area contributed by atoms with E-state index in [2.05, 4.69) is 20.2 Å². The van der Waals surface area contributed by atoms with E-state index in [1.807, 2.05) is 67.1 Å². The van der Waals surface area contributed by atoms with Crippen LogP contribution in [0.3, 0.4) is 0 Å². The molecule has 0 bridgehead atoms. The van der Waals surface area contributed by atoms with Crippen molar-refractivity contribution in [3.8, 4) is 16.9 Å². The van der Waals surface area contributed by atoms with Crippen molar-refractivity contribution in [1.82, 2.24) is 25.1 Å². The Balaban J connectivity index is 1.61. The molecule has 36 heavy (non-hydrogen) atoms. The molecule has 1 fully saturated rings. The average molecular weight is 524 g/mol. The summed E-state index contributed by atoms with van der Waals surface area (Å²) in [6.45, 7) is 5.24. The number of amides is 1. The summed E-state index contributed by atoms with van der Waals surface area (Å²) >= 11 is 12.7. The standard InChI is InChI=1S/C26H27Cl2N7O/c1-16(2)32-26(25(29)36)11-13-34(14-12-26)24-22-21(30-15-31-24)23(17-7-9-18(27)10-8-17)35(33-22)20-6-4-3-5-19(20)28/h3-10,15-16,32H,11-14H2,1-2H3,(H2,29,36). The van der Waals surface area contributed by atoms with Crippen molar-refractivity contribution >= 4 is 46.0 Å². The Hall–Kier alpha value is -3.20. The first-order chi connectivity index (χ1) is 17.3. The van der Waals surface area contributed by atoms with Crippen LogP contribution in [0.4, 0.5) is 5.82 Å². The van der Waals surface area contributed by atoms with Gasteiger partial charge in [0.2, 0.25) is 5.91 Å². The van der Waals surface area contributed by atoms with Gasteiger partial charge in [0.1, 0.15) is 23.1 Å². The van der Waals surface area contributed by atoms with Crippen LogP contribution < -0.4 is 16.0 Å².